The van der Waals surface area contributed by atoms with Crippen molar-refractivity contribution in [1.29, 1.82) is 0 Å². The number of hydrogen-bond acceptors (Lipinski definition) is 6. The van der Waals surface area contributed by atoms with Gasteiger partial charge in [-0.3, -0.25) is 25.2 Å². The lowest BCUT2D eigenvalue weighted by molar-refractivity contribution is -0.120. The number of hydrogen-bond donors (Lipinski definition) is 5. The number of hydrazine groups is 1. The van der Waals surface area contributed by atoms with Crippen molar-refractivity contribution in [2.75, 3.05) is 23.7 Å². The van der Waals surface area contributed by atoms with Gasteiger partial charge in [-0.1, -0.05) is 36.4 Å². The molecule has 0 saturated heterocycles. The molecule has 0 aliphatic heterocycles. The zero-order chi connectivity index (χ0) is 25.3. The number of rotatable bonds is 8. The van der Waals surface area contributed by atoms with Crippen molar-refractivity contribution < 1.29 is 27.5 Å². The zero-order valence-electron chi connectivity index (χ0n) is 18.6. The number of urea groups is 1. The van der Waals surface area contributed by atoms with E-state index in [9.17, 15) is 22.8 Å². The Labute approximate surface area is 201 Å². The lowest BCUT2D eigenvalue weighted by atomic mass is 10.2. The van der Waals surface area contributed by atoms with E-state index in [1.165, 1.54) is 31.4 Å². The Kier molecular flexibility index (Phi) is 8.24. The number of amides is 4. The highest BCUT2D eigenvalue weighted by atomic mass is 32.2. The Morgan fingerprint density at radius 2 is 1.57 bits per heavy atom. The van der Waals surface area contributed by atoms with Gasteiger partial charge in [0.15, 0.2) is 0 Å². The van der Waals surface area contributed by atoms with E-state index in [-0.39, 0.29) is 16.1 Å². The average molecular weight is 498 g/mol. The molecule has 4 amide bonds. The van der Waals surface area contributed by atoms with Crippen molar-refractivity contribution in [1.82, 2.24) is 16.2 Å². The van der Waals surface area contributed by atoms with Crippen LogP contribution in [0.15, 0.2) is 83.8 Å². The molecule has 0 fully saturated rings. The lowest BCUT2D eigenvalue weighted by Crippen LogP contribution is -2.47. The van der Waals surface area contributed by atoms with E-state index in [1.807, 2.05) is 0 Å². The molecule has 3 aromatic rings. The Morgan fingerprint density at radius 3 is 2.31 bits per heavy atom. The summed E-state index contributed by atoms with van der Waals surface area (Å²) in [5.74, 6) is -1.11. The van der Waals surface area contributed by atoms with Crippen molar-refractivity contribution in [2.45, 2.75) is 4.90 Å². The standard InChI is InChI=1S/C23H23N5O6S/c1-34-20-13-6-5-12-19(20)28-35(32,33)18-11-7-8-16(14-18)22(30)27-26-21(29)15-24-23(31)25-17-9-3-2-4-10-17/h2-14,28H,15H2,1H3,(H,26,29)(H,27,30)(H2,24,25,31). The highest BCUT2D eigenvalue weighted by Crippen LogP contribution is 2.26. The van der Waals surface area contributed by atoms with Crippen LogP contribution in [0.25, 0.3) is 0 Å². The van der Waals surface area contributed by atoms with Crippen LogP contribution in [0.3, 0.4) is 0 Å². The van der Waals surface area contributed by atoms with E-state index >= 15 is 0 Å². The van der Waals surface area contributed by atoms with Gasteiger partial charge in [0.05, 0.1) is 17.7 Å². The molecule has 0 heterocycles. The summed E-state index contributed by atoms with van der Waals surface area (Å²) in [6.07, 6.45) is 0. The Hall–Kier alpha value is -4.58. The van der Waals surface area contributed by atoms with Crippen LogP contribution in [-0.2, 0) is 14.8 Å². The van der Waals surface area contributed by atoms with Crippen LogP contribution in [0.2, 0.25) is 0 Å². The number of benzene rings is 3. The number of carbonyl (C=O) groups excluding carboxylic acids is 3. The first-order chi connectivity index (χ1) is 16.8. The largest absolute Gasteiger partial charge is 0.495 e. The van der Waals surface area contributed by atoms with Gasteiger partial charge < -0.3 is 15.4 Å². The predicted molar refractivity (Wildman–Crippen MR) is 129 cm³/mol. The van der Waals surface area contributed by atoms with Crippen LogP contribution in [0.1, 0.15) is 10.4 Å². The smallest absolute Gasteiger partial charge is 0.319 e. The molecule has 0 aliphatic carbocycles. The first kappa shape index (κ1) is 25.1. The molecule has 0 spiro atoms. The molecule has 0 unspecified atom stereocenters. The molecular formula is C23H23N5O6S. The summed E-state index contributed by atoms with van der Waals surface area (Å²) in [6.45, 7) is -0.407. The number of methoxy groups -OCH3 is 1. The van der Waals surface area contributed by atoms with E-state index in [2.05, 4.69) is 26.2 Å². The topological polar surface area (TPSA) is 155 Å². The SMILES string of the molecule is COc1ccccc1NS(=O)(=O)c1cccc(C(=O)NNC(=O)CNC(=O)Nc2ccccc2)c1. The second-order valence-electron chi connectivity index (χ2n) is 7.01. The Morgan fingerprint density at radius 1 is 0.857 bits per heavy atom. The fraction of sp³-hybridized carbons (Fsp3) is 0.0870. The van der Waals surface area contributed by atoms with Gasteiger partial charge in [-0.15, -0.1) is 0 Å². The minimum atomic E-state index is -4.03. The van der Waals surface area contributed by atoms with Gasteiger partial charge >= 0.3 is 6.03 Å². The van der Waals surface area contributed by atoms with Crippen molar-refractivity contribution >= 4 is 39.2 Å². The van der Waals surface area contributed by atoms with Crippen LogP contribution < -0.4 is 30.9 Å². The van der Waals surface area contributed by atoms with Gasteiger partial charge in [0.25, 0.3) is 21.8 Å². The van der Waals surface area contributed by atoms with Crippen molar-refractivity contribution in [3.8, 4) is 5.75 Å². The molecule has 12 heteroatoms. The number of carbonyl (C=O) groups is 3. The number of anilines is 2. The number of nitrogens with one attached hydrogen (secondary N) is 5. The van der Waals surface area contributed by atoms with Gasteiger partial charge in [0, 0.05) is 11.3 Å². The third kappa shape index (κ3) is 7.20. The molecule has 0 bridgehead atoms. The molecule has 0 saturated carbocycles. The maximum atomic E-state index is 12.8. The average Bonchev–Trinajstić information content (AvgIpc) is 2.87. The number of sulfonamides is 1. The molecule has 182 valence electrons. The Bertz CT molecular complexity index is 1310. The normalized spacial score (nSPS) is 10.5. The molecule has 11 nitrogen and oxygen atoms in total. The molecule has 0 atom stereocenters. The molecule has 35 heavy (non-hydrogen) atoms. The molecular weight excluding hydrogens is 474 g/mol. The van der Waals surface area contributed by atoms with Crippen LogP contribution >= 0.6 is 0 Å². The zero-order valence-corrected chi connectivity index (χ0v) is 19.4. The first-order valence-electron chi connectivity index (χ1n) is 10.2. The van der Waals surface area contributed by atoms with Crippen molar-refractivity contribution in [3.05, 3.63) is 84.4 Å². The third-order valence-corrected chi connectivity index (χ3v) is 5.88. The second-order valence-corrected chi connectivity index (χ2v) is 8.69. The molecule has 3 aromatic carbocycles. The molecule has 3 rings (SSSR count). The van der Waals surface area contributed by atoms with E-state index in [4.69, 9.17) is 4.74 Å². The summed E-state index contributed by atoms with van der Waals surface area (Å²) < 4.78 is 33.1. The lowest BCUT2D eigenvalue weighted by Gasteiger charge is -2.12. The first-order valence-corrected chi connectivity index (χ1v) is 11.7. The summed E-state index contributed by atoms with van der Waals surface area (Å²) in [6, 6.07) is 19.8. The van der Waals surface area contributed by atoms with Crippen LogP contribution in [0.5, 0.6) is 5.75 Å². The fourth-order valence-electron chi connectivity index (χ4n) is 2.84. The predicted octanol–water partition coefficient (Wildman–Crippen LogP) is 2.08. The summed E-state index contributed by atoms with van der Waals surface area (Å²) >= 11 is 0. The van der Waals surface area contributed by atoms with Gasteiger partial charge in [-0.25, -0.2) is 13.2 Å². The van der Waals surface area contributed by atoms with Crippen molar-refractivity contribution in [3.63, 3.8) is 0 Å². The summed E-state index contributed by atoms with van der Waals surface area (Å²) in [7, 11) is -2.61. The van der Waals surface area contributed by atoms with Crippen LogP contribution in [0, 0.1) is 0 Å². The molecule has 5 N–H and O–H groups in total. The van der Waals surface area contributed by atoms with E-state index in [0.29, 0.717) is 11.4 Å². The monoisotopic (exact) mass is 497 g/mol. The summed E-state index contributed by atoms with van der Waals surface area (Å²) in [4.78, 5) is 36.0. The van der Waals surface area contributed by atoms with Gasteiger partial charge in [-0.05, 0) is 42.5 Å². The minimum Gasteiger partial charge on any atom is -0.495 e. The molecule has 0 aromatic heterocycles. The van der Waals surface area contributed by atoms with Crippen LogP contribution in [-0.4, -0.2) is 39.9 Å². The minimum absolute atomic E-state index is 0.0111. The highest BCUT2D eigenvalue weighted by molar-refractivity contribution is 7.92. The number of ether oxygens (including phenoxy) is 1. The fourth-order valence-corrected chi connectivity index (χ4v) is 3.95. The summed E-state index contributed by atoms with van der Waals surface area (Å²) in [5.41, 5.74) is 5.10. The maximum Gasteiger partial charge on any atom is 0.319 e. The van der Waals surface area contributed by atoms with Gasteiger partial charge in [0.2, 0.25) is 0 Å². The van der Waals surface area contributed by atoms with E-state index < -0.39 is 34.4 Å². The summed E-state index contributed by atoms with van der Waals surface area (Å²) in [5, 5.41) is 4.89. The quantitative estimate of drug-likeness (QED) is 0.300. The van der Waals surface area contributed by atoms with Gasteiger partial charge in [-0.2, -0.15) is 0 Å². The number of para-hydroxylation sites is 3. The third-order valence-electron chi connectivity index (χ3n) is 4.51. The van der Waals surface area contributed by atoms with Gasteiger partial charge in [0.1, 0.15) is 12.3 Å². The van der Waals surface area contributed by atoms with Crippen molar-refractivity contribution in [2.24, 2.45) is 0 Å². The second kappa shape index (κ2) is 11.5. The van der Waals surface area contributed by atoms with E-state index in [0.717, 1.165) is 6.07 Å². The maximum absolute atomic E-state index is 12.8. The molecule has 0 radical (unpaired) electrons. The highest BCUT2D eigenvalue weighted by Gasteiger charge is 2.18. The Balaban J connectivity index is 1.54. The van der Waals surface area contributed by atoms with E-state index in [1.54, 1.807) is 48.5 Å². The van der Waals surface area contributed by atoms with Crippen LogP contribution in [0.4, 0.5) is 16.2 Å². The molecule has 0 aliphatic rings.